The summed E-state index contributed by atoms with van der Waals surface area (Å²) in [5.74, 6) is 0.452. The van der Waals surface area contributed by atoms with Gasteiger partial charge in [0, 0.05) is 43.0 Å². The van der Waals surface area contributed by atoms with Gasteiger partial charge in [-0.3, -0.25) is 0 Å². The summed E-state index contributed by atoms with van der Waals surface area (Å²) in [5.41, 5.74) is 16.4. The van der Waals surface area contributed by atoms with E-state index in [1.54, 1.807) is 5.57 Å². The third kappa shape index (κ3) is 4.32. The molecule has 0 N–H and O–H groups in total. The Morgan fingerprint density at radius 2 is 1.47 bits per heavy atom. The first-order valence-electron chi connectivity index (χ1n) is 19.0. The van der Waals surface area contributed by atoms with Crippen molar-refractivity contribution in [2.24, 2.45) is 5.92 Å². The first-order valence-corrected chi connectivity index (χ1v) is 19.9. The fourth-order valence-electron chi connectivity index (χ4n) is 9.94. The molecule has 3 heteroatoms. The molecule has 2 atom stereocenters. The highest BCUT2D eigenvalue weighted by atomic mass is 32.1. The minimum Gasteiger partial charge on any atom is -0.334 e. The summed E-state index contributed by atoms with van der Waals surface area (Å²) in [6, 6.07) is 43.2. The second-order valence-corrected chi connectivity index (χ2v) is 16.1. The smallest absolute Gasteiger partial charge is 0.0573 e. The zero-order valence-electron chi connectivity index (χ0n) is 29.3. The molecule has 0 fully saturated rings. The lowest BCUT2D eigenvalue weighted by Gasteiger charge is -2.33. The number of allylic oxidation sites excluding steroid dienone is 10. The molecule has 0 aliphatic heterocycles. The van der Waals surface area contributed by atoms with Crippen molar-refractivity contribution in [1.82, 2.24) is 4.57 Å². The number of fused-ring (bicyclic) bond motifs is 10. The van der Waals surface area contributed by atoms with Gasteiger partial charge in [-0.2, -0.15) is 0 Å². The van der Waals surface area contributed by atoms with Gasteiger partial charge in [-0.1, -0.05) is 103 Å². The lowest BCUT2D eigenvalue weighted by atomic mass is 9.74. The van der Waals surface area contributed by atoms with Gasteiger partial charge in [-0.05, 0) is 130 Å². The van der Waals surface area contributed by atoms with E-state index in [-0.39, 0.29) is 6.04 Å². The fourth-order valence-corrected chi connectivity index (χ4v) is 11.1. The van der Waals surface area contributed by atoms with E-state index in [1.807, 2.05) is 11.3 Å². The molecule has 0 saturated heterocycles. The van der Waals surface area contributed by atoms with Crippen molar-refractivity contribution in [2.45, 2.75) is 31.7 Å². The molecule has 252 valence electrons. The Kier molecular flexibility index (Phi) is 6.32. The minimum absolute atomic E-state index is 0.161. The molecule has 0 radical (unpaired) electrons. The first kappa shape index (κ1) is 29.7. The van der Waals surface area contributed by atoms with Gasteiger partial charge in [0.1, 0.15) is 0 Å². The van der Waals surface area contributed by atoms with Crippen LogP contribution in [0.1, 0.15) is 36.8 Å². The van der Waals surface area contributed by atoms with E-state index in [0.717, 1.165) is 25.7 Å². The summed E-state index contributed by atoms with van der Waals surface area (Å²) in [6.07, 6.45) is 21.4. The number of rotatable bonds is 4. The summed E-state index contributed by atoms with van der Waals surface area (Å²) in [6.45, 7) is 0. The second-order valence-electron chi connectivity index (χ2n) is 15.0. The van der Waals surface area contributed by atoms with Crippen LogP contribution in [0.2, 0.25) is 0 Å². The van der Waals surface area contributed by atoms with Gasteiger partial charge in [0.2, 0.25) is 0 Å². The van der Waals surface area contributed by atoms with Gasteiger partial charge >= 0.3 is 0 Å². The Morgan fingerprint density at radius 1 is 0.660 bits per heavy atom. The number of benzene rings is 5. The molecule has 0 spiro atoms. The minimum atomic E-state index is 0.161. The number of thiophene rings is 1. The summed E-state index contributed by atoms with van der Waals surface area (Å²) in [4.78, 5) is 2.63. The third-order valence-electron chi connectivity index (χ3n) is 12.2. The van der Waals surface area contributed by atoms with Crippen molar-refractivity contribution in [3.05, 3.63) is 183 Å². The van der Waals surface area contributed by atoms with Crippen molar-refractivity contribution < 1.29 is 0 Å². The molecule has 53 heavy (non-hydrogen) atoms. The van der Waals surface area contributed by atoms with Crippen LogP contribution in [0, 0.1) is 5.92 Å². The van der Waals surface area contributed by atoms with Crippen molar-refractivity contribution in [2.75, 3.05) is 4.90 Å². The normalized spacial score (nSPS) is 19.5. The van der Waals surface area contributed by atoms with Gasteiger partial charge in [0.05, 0.1) is 17.1 Å². The zero-order chi connectivity index (χ0) is 34.6. The average molecular weight is 697 g/mol. The number of hydrogen-bond donors (Lipinski definition) is 0. The Labute approximate surface area is 312 Å². The maximum Gasteiger partial charge on any atom is 0.0573 e. The SMILES string of the molecule is C1=CC2=CC3CC=CC4=C3C(=C2CC1)c1cc(N(c2ccc3c5ccccc5n(-c5ccccc5)c3c2)C2C=c3sc5ccccc5c3=CC2)ccc14. The molecule has 12 rings (SSSR count). The zero-order valence-corrected chi connectivity index (χ0v) is 30.1. The number of anilines is 2. The van der Waals surface area contributed by atoms with Gasteiger partial charge in [0.25, 0.3) is 0 Å². The van der Waals surface area contributed by atoms with Crippen LogP contribution in [0.4, 0.5) is 11.4 Å². The van der Waals surface area contributed by atoms with Gasteiger partial charge < -0.3 is 9.47 Å². The van der Waals surface area contributed by atoms with Crippen LogP contribution in [0.25, 0.3) is 60.9 Å². The van der Waals surface area contributed by atoms with Crippen molar-refractivity contribution in [1.29, 1.82) is 0 Å². The molecule has 2 aromatic heterocycles. The van der Waals surface area contributed by atoms with E-state index < -0.39 is 0 Å². The van der Waals surface area contributed by atoms with Crippen molar-refractivity contribution >= 4 is 77.9 Å². The Bertz CT molecular complexity index is 3010. The molecule has 0 bridgehead atoms. The third-order valence-corrected chi connectivity index (χ3v) is 13.3. The maximum absolute atomic E-state index is 2.63. The monoisotopic (exact) mass is 696 g/mol. The fraction of sp³-hybridized carbons (Fsp3) is 0.120. The Hall–Kier alpha value is -5.90. The summed E-state index contributed by atoms with van der Waals surface area (Å²) in [5, 5.41) is 5.32. The van der Waals surface area contributed by atoms with Crippen molar-refractivity contribution in [3.63, 3.8) is 0 Å². The molecular formula is C50H36N2S. The highest BCUT2D eigenvalue weighted by molar-refractivity contribution is 7.17. The largest absolute Gasteiger partial charge is 0.334 e. The predicted molar refractivity (Wildman–Crippen MR) is 225 cm³/mol. The Balaban J connectivity index is 1.09. The van der Waals surface area contributed by atoms with E-state index in [0.29, 0.717) is 5.92 Å². The maximum atomic E-state index is 2.63. The molecule has 0 amide bonds. The molecule has 2 heterocycles. The molecule has 2 unspecified atom stereocenters. The highest BCUT2D eigenvalue weighted by Gasteiger charge is 2.37. The number of nitrogens with zero attached hydrogens (tertiary/aromatic N) is 2. The molecule has 5 aliphatic carbocycles. The summed E-state index contributed by atoms with van der Waals surface area (Å²) in [7, 11) is 0. The van der Waals surface area contributed by atoms with Crippen LogP contribution < -0.4 is 14.7 Å². The molecule has 5 aliphatic rings. The topological polar surface area (TPSA) is 8.17 Å². The summed E-state index contributed by atoms with van der Waals surface area (Å²) < 4.78 is 5.18. The van der Waals surface area contributed by atoms with Crippen LogP contribution in [-0.4, -0.2) is 10.6 Å². The Morgan fingerprint density at radius 3 is 2.42 bits per heavy atom. The summed E-state index contributed by atoms with van der Waals surface area (Å²) >= 11 is 1.92. The molecule has 5 aromatic carbocycles. The van der Waals surface area contributed by atoms with E-state index in [2.05, 4.69) is 167 Å². The average Bonchev–Trinajstić information content (AvgIpc) is 3.86. The van der Waals surface area contributed by atoms with Crippen LogP contribution in [0.5, 0.6) is 0 Å². The van der Waals surface area contributed by atoms with E-state index in [9.17, 15) is 0 Å². The van der Waals surface area contributed by atoms with Crippen LogP contribution >= 0.6 is 11.3 Å². The van der Waals surface area contributed by atoms with Gasteiger partial charge in [-0.15, -0.1) is 11.3 Å². The standard InChI is InChI=1S/C50H36N2S/c1-2-13-33(14-3-1)52-45-19-8-6-16-39(45)40-25-22-35(29-46(40)52)51(36-23-26-42-41-17-7-9-20-47(41)53-48(42)30-36)34-21-24-38-43-18-10-12-32-27-31-11-4-5-15-37(31)50(49(32)43)44(38)28-34/h1-4,6-11,13-14,16-22,24-30,32,36H,5,12,15,23H2. The first-order chi connectivity index (χ1) is 26.3. The van der Waals surface area contributed by atoms with Crippen LogP contribution in [-0.2, 0) is 0 Å². The number of para-hydroxylation sites is 2. The molecule has 2 nitrogen and oxygen atoms in total. The van der Waals surface area contributed by atoms with Crippen LogP contribution in [0.15, 0.2) is 162 Å². The quantitative estimate of drug-likeness (QED) is 0.178. The second kappa shape index (κ2) is 11.3. The lowest BCUT2D eigenvalue weighted by molar-refractivity contribution is 0.775. The predicted octanol–water partition coefficient (Wildman–Crippen LogP) is 11.6. The van der Waals surface area contributed by atoms with Gasteiger partial charge in [0.15, 0.2) is 0 Å². The number of aromatic nitrogens is 1. The highest BCUT2D eigenvalue weighted by Crippen LogP contribution is 2.55. The van der Waals surface area contributed by atoms with E-state index in [4.69, 9.17) is 0 Å². The molecule has 7 aromatic rings. The van der Waals surface area contributed by atoms with Gasteiger partial charge in [-0.25, -0.2) is 0 Å². The number of hydrogen-bond acceptors (Lipinski definition) is 2. The van der Waals surface area contributed by atoms with Crippen molar-refractivity contribution in [3.8, 4) is 5.69 Å². The lowest BCUT2D eigenvalue weighted by Crippen LogP contribution is -2.36. The molecular weight excluding hydrogens is 661 g/mol. The van der Waals surface area contributed by atoms with E-state index >= 15 is 0 Å². The molecule has 0 saturated carbocycles. The van der Waals surface area contributed by atoms with E-state index in [1.165, 1.54) is 92.1 Å². The van der Waals surface area contributed by atoms with Crippen LogP contribution in [0.3, 0.4) is 0 Å².